The van der Waals surface area contributed by atoms with Crippen LogP contribution in [0.4, 0.5) is 29.3 Å². The van der Waals surface area contributed by atoms with Crippen LogP contribution in [0.25, 0.3) is 5.69 Å². The van der Waals surface area contributed by atoms with Crippen LogP contribution in [-0.2, 0) is 6.18 Å². The third-order valence-electron chi connectivity index (χ3n) is 4.85. The van der Waals surface area contributed by atoms with Crippen LogP contribution in [0, 0.1) is 0 Å². The number of aromatic nitrogens is 2. The van der Waals surface area contributed by atoms with Crippen LogP contribution >= 0.6 is 0 Å². The Morgan fingerprint density at radius 1 is 1.16 bits per heavy atom. The summed E-state index contributed by atoms with van der Waals surface area (Å²) in [6.45, 7) is 1.11. The summed E-state index contributed by atoms with van der Waals surface area (Å²) >= 11 is 0. The van der Waals surface area contributed by atoms with Gasteiger partial charge < -0.3 is 15.4 Å². The summed E-state index contributed by atoms with van der Waals surface area (Å²) in [5.41, 5.74) is 0.346. The van der Waals surface area contributed by atoms with Crippen molar-refractivity contribution in [2.75, 3.05) is 30.4 Å². The molecule has 166 valence electrons. The number of carbonyl (C=O) groups excluding carboxylic acids is 2. The van der Waals surface area contributed by atoms with Crippen LogP contribution in [0.1, 0.15) is 16.1 Å². The molecule has 1 aromatic heterocycles. The maximum absolute atomic E-state index is 13.0. The van der Waals surface area contributed by atoms with E-state index in [-0.39, 0.29) is 23.2 Å². The molecule has 0 unspecified atom stereocenters. The first-order chi connectivity index (χ1) is 15.3. The van der Waals surface area contributed by atoms with E-state index in [1.807, 2.05) is 0 Å². The van der Waals surface area contributed by atoms with Crippen LogP contribution in [-0.4, -0.2) is 41.9 Å². The number of alkyl halides is 3. The number of halogens is 3. The van der Waals surface area contributed by atoms with Gasteiger partial charge >= 0.3 is 12.2 Å². The minimum absolute atomic E-state index is 0.0899. The van der Waals surface area contributed by atoms with E-state index in [4.69, 9.17) is 4.74 Å². The minimum atomic E-state index is -4.50. The van der Waals surface area contributed by atoms with Gasteiger partial charge in [-0.05, 0) is 42.5 Å². The number of rotatable bonds is 5. The molecule has 0 spiro atoms. The van der Waals surface area contributed by atoms with Gasteiger partial charge in [-0.3, -0.25) is 9.69 Å². The molecule has 0 bridgehead atoms. The normalized spacial score (nSPS) is 13.8. The highest BCUT2D eigenvalue weighted by atomic mass is 19.4. The molecule has 1 saturated heterocycles. The second-order valence-corrected chi connectivity index (χ2v) is 6.92. The average molecular weight is 445 g/mol. The molecule has 1 aliphatic rings. The maximum Gasteiger partial charge on any atom is 0.416 e. The zero-order chi connectivity index (χ0) is 22.9. The monoisotopic (exact) mass is 445 g/mol. The molecule has 3 amide bonds. The molecule has 0 radical (unpaired) electrons. The number of amides is 3. The number of urea groups is 1. The van der Waals surface area contributed by atoms with E-state index < -0.39 is 17.6 Å². The van der Waals surface area contributed by atoms with E-state index in [9.17, 15) is 22.8 Å². The molecule has 0 saturated carbocycles. The van der Waals surface area contributed by atoms with E-state index in [1.54, 1.807) is 29.2 Å². The van der Waals surface area contributed by atoms with Crippen molar-refractivity contribution in [1.82, 2.24) is 15.1 Å². The van der Waals surface area contributed by atoms with Gasteiger partial charge in [0, 0.05) is 24.5 Å². The van der Waals surface area contributed by atoms with Gasteiger partial charge in [0.2, 0.25) is 0 Å². The van der Waals surface area contributed by atoms with Gasteiger partial charge in [0.15, 0.2) is 11.4 Å². The predicted octanol–water partition coefficient (Wildman–Crippen LogP) is 3.68. The second-order valence-electron chi connectivity index (χ2n) is 6.92. The Balaban J connectivity index is 1.54. The van der Waals surface area contributed by atoms with E-state index >= 15 is 0 Å². The predicted molar refractivity (Wildman–Crippen MR) is 110 cm³/mol. The molecule has 4 rings (SSSR count). The summed E-state index contributed by atoms with van der Waals surface area (Å²) in [6.07, 6.45) is -3.17. The third-order valence-corrected chi connectivity index (χ3v) is 4.85. The summed E-state index contributed by atoms with van der Waals surface area (Å²) in [7, 11) is 1.33. The van der Waals surface area contributed by atoms with Gasteiger partial charge in [-0.25, -0.2) is 9.48 Å². The summed E-state index contributed by atoms with van der Waals surface area (Å²) < 4.78 is 45.4. The molecule has 0 aliphatic carbocycles. The summed E-state index contributed by atoms with van der Waals surface area (Å²) in [4.78, 5) is 26.1. The lowest BCUT2D eigenvalue weighted by Crippen LogP contribution is -2.27. The fourth-order valence-corrected chi connectivity index (χ4v) is 3.25. The van der Waals surface area contributed by atoms with Crippen LogP contribution in [0.15, 0.2) is 54.7 Å². The smallest absolute Gasteiger partial charge is 0.416 e. The SMILES string of the molecule is COc1cn(-c2cccc(C(F)(F)F)c2)nc1C(=O)Nc1ccc(N2CCNC2=O)cc1. The Labute approximate surface area is 180 Å². The van der Waals surface area contributed by atoms with E-state index in [0.717, 1.165) is 16.8 Å². The first kappa shape index (κ1) is 21.2. The molecular formula is C21H18F3N5O3. The molecule has 1 aliphatic heterocycles. The number of hydrogen-bond acceptors (Lipinski definition) is 4. The van der Waals surface area contributed by atoms with Crippen LogP contribution < -0.4 is 20.3 Å². The maximum atomic E-state index is 13.0. The number of anilines is 2. The first-order valence-corrected chi connectivity index (χ1v) is 9.54. The Morgan fingerprint density at radius 3 is 2.53 bits per heavy atom. The number of carbonyl (C=O) groups is 2. The molecule has 0 atom stereocenters. The number of hydrogen-bond donors (Lipinski definition) is 2. The minimum Gasteiger partial charge on any atom is -0.493 e. The zero-order valence-corrected chi connectivity index (χ0v) is 16.8. The van der Waals surface area contributed by atoms with Gasteiger partial charge in [-0.2, -0.15) is 18.3 Å². The highest BCUT2D eigenvalue weighted by Gasteiger charge is 2.31. The topological polar surface area (TPSA) is 88.5 Å². The van der Waals surface area contributed by atoms with Crippen molar-refractivity contribution in [3.8, 4) is 11.4 Å². The Hall–Kier alpha value is -4.02. The molecule has 2 heterocycles. The molecular weight excluding hydrogens is 427 g/mol. The van der Waals surface area contributed by atoms with Gasteiger partial charge in [-0.15, -0.1) is 0 Å². The Kier molecular flexibility index (Phi) is 5.47. The average Bonchev–Trinajstić information content (AvgIpc) is 3.40. The lowest BCUT2D eigenvalue weighted by molar-refractivity contribution is -0.137. The lowest BCUT2D eigenvalue weighted by atomic mass is 10.2. The van der Waals surface area contributed by atoms with Crippen molar-refractivity contribution in [2.45, 2.75) is 6.18 Å². The van der Waals surface area contributed by atoms with Gasteiger partial charge in [0.25, 0.3) is 5.91 Å². The molecule has 2 N–H and O–H groups in total. The van der Waals surface area contributed by atoms with Crippen molar-refractivity contribution in [3.63, 3.8) is 0 Å². The third kappa shape index (κ3) is 4.22. The van der Waals surface area contributed by atoms with Crippen LogP contribution in [0.2, 0.25) is 0 Å². The van der Waals surface area contributed by atoms with E-state index in [1.165, 1.54) is 25.4 Å². The molecule has 11 heteroatoms. The highest BCUT2D eigenvalue weighted by molar-refractivity contribution is 6.05. The molecule has 32 heavy (non-hydrogen) atoms. The van der Waals surface area contributed by atoms with Gasteiger partial charge in [0.05, 0.1) is 24.6 Å². The van der Waals surface area contributed by atoms with Crippen molar-refractivity contribution < 1.29 is 27.5 Å². The Morgan fingerprint density at radius 2 is 1.91 bits per heavy atom. The van der Waals surface area contributed by atoms with Crippen molar-refractivity contribution in [2.24, 2.45) is 0 Å². The zero-order valence-electron chi connectivity index (χ0n) is 16.8. The molecule has 2 aromatic carbocycles. The van der Waals surface area contributed by atoms with Crippen molar-refractivity contribution >= 4 is 23.3 Å². The standard InChI is InChI=1S/C21H18F3N5O3/c1-32-17-12-29(16-4-2-3-13(11-16)21(22,23)24)27-18(17)19(30)26-14-5-7-15(8-6-14)28-10-9-25-20(28)31/h2-8,11-12H,9-10H2,1H3,(H,25,31)(H,26,30). The number of methoxy groups -OCH3 is 1. The second kappa shape index (κ2) is 8.25. The van der Waals surface area contributed by atoms with Gasteiger partial charge in [-0.1, -0.05) is 6.07 Å². The fraction of sp³-hybridized carbons (Fsp3) is 0.190. The number of benzene rings is 2. The summed E-state index contributed by atoms with van der Waals surface area (Å²) in [5.74, 6) is -0.496. The van der Waals surface area contributed by atoms with Crippen LogP contribution in [0.5, 0.6) is 5.75 Å². The first-order valence-electron chi connectivity index (χ1n) is 9.54. The van der Waals surface area contributed by atoms with Crippen molar-refractivity contribution in [3.05, 3.63) is 66.0 Å². The summed E-state index contributed by atoms with van der Waals surface area (Å²) in [5, 5.41) is 9.49. The fourth-order valence-electron chi connectivity index (χ4n) is 3.25. The lowest BCUT2D eigenvalue weighted by Gasteiger charge is -2.14. The number of nitrogens with one attached hydrogen (secondary N) is 2. The van der Waals surface area contributed by atoms with Gasteiger partial charge in [0.1, 0.15) is 0 Å². The van der Waals surface area contributed by atoms with Crippen molar-refractivity contribution in [1.29, 1.82) is 0 Å². The largest absolute Gasteiger partial charge is 0.493 e. The number of ether oxygens (including phenoxy) is 1. The highest BCUT2D eigenvalue weighted by Crippen LogP contribution is 2.31. The molecule has 1 fully saturated rings. The quantitative estimate of drug-likeness (QED) is 0.627. The Bertz CT molecular complexity index is 1160. The molecule has 8 nitrogen and oxygen atoms in total. The van der Waals surface area contributed by atoms with E-state index in [2.05, 4.69) is 15.7 Å². The molecule has 3 aromatic rings. The number of nitrogens with zero attached hydrogens (tertiary/aromatic N) is 3. The van der Waals surface area contributed by atoms with E-state index in [0.29, 0.717) is 24.5 Å². The van der Waals surface area contributed by atoms with Crippen LogP contribution in [0.3, 0.4) is 0 Å². The summed E-state index contributed by atoms with van der Waals surface area (Å²) in [6, 6.07) is 11.0.